The van der Waals surface area contributed by atoms with Gasteiger partial charge in [-0.15, -0.1) is 0 Å². The van der Waals surface area contributed by atoms with Crippen LogP contribution in [0.2, 0.25) is 0 Å². The van der Waals surface area contributed by atoms with Gasteiger partial charge in [0.1, 0.15) is 5.75 Å². The smallest absolute Gasteiger partial charge is 0.220 e. The van der Waals surface area contributed by atoms with Crippen molar-refractivity contribution in [3.8, 4) is 5.75 Å². The predicted octanol–water partition coefficient (Wildman–Crippen LogP) is 4.06. The quantitative estimate of drug-likeness (QED) is 0.365. The molecule has 3 rings (SSSR count). The van der Waals surface area contributed by atoms with Crippen molar-refractivity contribution in [3.05, 3.63) is 29.8 Å². The molecule has 1 aliphatic heterocycles. The maximum Gasteiger partial charge on any atom is 0.220 e. The predicted molar refractivity (Wildman–Crippen MR) is 134 cm³/mol. The van der Waals surface area contributed by atoms with E-state index in [0.29, 0.717) is 12.5 Å². The number of hydrogen-bond acceptors (Lipinski definition) is 5. The molecule has 1 unspecified atom stereocenters. The summed E-state index contributed by atoms with van der Waals surface area (Å²) in [7, 11) is 0. The largest absolute Gasteiger partial charge is 0.494 e. The summed E-state index contributed by atoms with van der Waals surface area (Å²) in [6, 6.07) is 8.68. The summed E-state index contributed by atoms with van der Waals surface area (Å²) >= 11 is 0. The number of unbranched alkanes of at least 4 members (excludes halogenated alkanes) is 3. The van der Waals surface area contributed by atoms with Gasteiger partial charge in [-0.1, -0.05) is 31.9 Å². The van der Waals surface area contributed by atoms with Crippen LogP contribution in [0.3, 0.4) is 0 Å². The highest BCUT2D eigenvalue weighted by Crippen LogP contribution is 2.22. The molecule has 186 valence electrons. The molecule has 2 aliphatic rings. The fourth-order valence-electron chi connectivity index (χ4n) is 4.49. The van der Waals surface area contributed by atoms with Crippen LogP contribution in [-0.2, 0) is 16.0 Å². The van der Waals surface area contributed by atoms with Crippen LogP contribution in [0.25, 0.3) is 0 Å². The van der Waals surface area contributed by atoms with Crippen molar-refractivity contribution in [2.24, 2.45) is 5.73 Å². The third kappa shape index (κ3) is 10.0. The zero-order valence-electron chi connectivity index (χ0n) is 20.6. The van der Waals surface area contributed by atoms with Crippen LogP contribution in [0.15, 0.2) is 24.3 Å². The highest BCUT2D eigenvalue weighted by molar-refractivity contribution is 5.76. The Morgan fingerprint density at radius 2 is 1.94 bits per heavy atom. The zero-order chi connectivity index (χ0) is 23.3. The summed E-state index contributed by atoms with van der Waals surface area (Å²) in [5.41, 5.74) is 7.33. The normalized spacial score (nSPS) is 19.9. The molecule has 1 aromatic rings. The standard InChI is InChI=1S/C27H45N3O3/c1-2-3-17-32-26-13-11-22(12-14-26)19-24(21-30-16-15-23(28)20-30)29-27(31)10-5-4-6-18-33-25-8-7-9-25/h11-14,23-25H,2-10,15-21,28H2,1H3,(H,29,31)/t23?,24-/m0/s1. The molecule has 6 nitrogen and oxygen atoms in total. The lowest BCUT2D eigenvalue weighted by Gasteiger charge is -2.25. The number of amides is 1. The molecule has 33 heavy (non-hydrogen) atoms. The van der Waals surface area contributed by atoms with Gasteiger partial charge in [0.05, 0.1) is 12.7 Å². The third-order valence-electron chi connectivity index (χ3n) is 6.78. The highest BCUT2D eigenvalue weighted by Gasteiger charge is 2.23. The first-order chi connectivity index (χ1) is 16.1. The molecule has 0 aromatic heterocycles. The molecule has 2 atom stereocenters. The SMILES string of the molecule is CCCCOc1ccc(C[C@@H](CN2CCC(N)C2)NC(=O)CCCCCOC2CCC2)cc1. The van der Waals surface area contributed by atoms with Gasteiger partial charge in [0.25, 0.3) is 0 Å². The van der Waals surface area contributed by atoms with Crippen molar-refractivity contribution in [2.45, 2.75) is 95.7 Å². The van der Waals surface area contributed by atoms with Crippen LogP contribution in [0.5, 0.6) is 5.75 Å². The van der Waals surface area contributed by atoms with Crippen molar-refractivity contribution < 1.29 is 14.3 Å². The van der Waals surface area contributed by atoms with Gasteiger partial charge in [0, 0.05) is 38.2 Å². The fraction of sp³-hybridized carbons (Fsp3) is 0.741. The first-order valence-corrected chi connectivity index (χ1v) is 13.2. The van der Waals surface area contributed by atoms with Crippen LogP contribution in [0.4, 0.5) is 0 Å². The minimum absolute atomic E-state index is 0.0941. The molecule has 1 aliphatic carbocycles. The summed E-state index contributed by atoms with van der Waals surface area (Å²) in [6.45, 7) is 6.54. The summed E-state index contributed by atoms with van der Waals surface area (Å²) in [5.74, 6) is 1.07. The second-order valence-corrected chi connectivity index (χ2v) is 9.86. The lowest BCUT2D eigenvalue weighted by Crippen LogP contribution is -2.45. The van der Waals surface area contributed by atoms with Crippen molar-refractivity contribution in [1.82, 2.24) is 10.2 Å². The minimum Gasteiger partial charge on any atom is -0.494 e. The topological polar surface area (TPSA) is 76.8 Å². The van der Waals surface area contributed by atoms with Gasteiger partial charge in [0.2, 0.25) is 5.91 Å². The molecule has 0 spiro atoms. The molecule has 0 radical (unpaired) electrons. The number of hydrogen-bond donors (Lipinski definition) is 2. The van der Waals surface area contributed by atoms with Gasteiger partial charge in [-0.2, -0.15) is 0 Å². The Morgan fingerprint density at radius 1 is 1.12 bits per heavy atom. The van der Waals surface area contributed by atoms with Crippen molar-refractivity contribution in [1.29, 1.82) is 0 Å². The molecule has 1 amide bonds. The molecular formula is C27H45N3O3. The number of nitrogens with two attached hydrogens (primary N) is 1. The van der Waals surface area contributed by atoms with E-state index in [1.54, 1.807) is 0 Å². The zero-order valence-corrected chi connectivity index (χ0v) is 20.6. The molecule has 1 saturated heterocycles. The van der Waals surface area contributed by atoms with E-state index in [0.717, 1.165) is 83.5 Å². The van der Waals surface area contributed by atoms with Gasteiger partial charge in [0.15, 0.2) is 0 Å². The van der Waals surface area contributed by atoms with Crippen LogP contribution < -0.4 is 15.8 Å². The Hall–Kier alpha value is -1.63. The lowest BCUT2D eigenvalue weighted by molar-refractivity contribution is -0.122. The molecule has 2 fully saturated rings. The number of nitrogens with one attached hydrogen (secondary N) is 1. The first-order valence-electron chi connectivity index (χ1n) is 13.2. The van der Waals surface area contributed by atoms with E-state index < -0.39 is 0 Å². The number of nitrogens with zero attached hydrogens (tertiary/aromatic N) is 1. The van der Waals surface area contributed by atoms with Crippen molar-refractivity contribution in [3.63, 3.8) is 0 Å². The minimum atomic E-state index is 0.0941. The van der Waals surface area contributed by atoms with E-state index in [4.69, 9.17) is 15.2 Å². The number of carbonyl (C=O) groups excluding carboxylic acids is 1. The van der Waals surface area contributed by atoms with Crippen molar-refractivity contribution >= 4 is 5.91 Å². The van der Waals surface area contributed by atoms with Crippen LogP contribution >= 0.6 is 0 Å². The van der Waals surface area contributed by atoms with E-state index in [2.05, 4.69) is 29.3 Å². The fourth-order valence-corrected chi connectivity index (χ4v) is 4.49. The Bertz CT molecular complexity index is 678. The summed E-state index contributed by atoms with van der Waals surface area (Å²) < 4.78 is 11.6. The van der Waals surface area contributed by atoms with Crippen LogP contribution in [0.1, 0.15) is 76.7 Å². The van der Waals surface area contributed by atoms with E-state index in [9.17, 15) is 4.79 Å². The van der Waals surface area contributed by atoms with Crippen molar-refractivity contribution in [2.75, 3.05) is 32.8 Å². The maximum atomic E-state index is 12.7. The molecule has 0 bridgehead atoms. The van der Waals surface area contributed by atoms with Gasteiger partial charge in [-0.25, -0.2) is 0 Å². The van der Waals surface area contributed by atoms with E-state index in [-0.39, 0.29) is 18.0 Å². The average molecular weight is 460 g/mol. The summed E-state index contributed by atoms with van der Waals surface area (Å²) in [6.07, 6.45) is 11.9. The lowest BCUT2D eigenvalue weighted by atomic mass is 9.96. The second-order valence-electron chi connectivity index (χ2n) is 9.86. The van der Waals surface area contributed by atoms with Gasteiger partial charge in [-0.05, 0) is 75.6 Å². The molecule has 3 N–H and O–H groups in total. The van der Waals surface area contributed by atoms with Gasteiger partial charge >= 0.3 is 0 Å². The third-order valence-corrected chi connectivity index (χ3v) is 6.78. The first kappa shape index (κ1) is 26.0. The van der Waals surface area contributed by atoms with Crippen LogP contribution in [0, 0.1) is 0 Å². The number of benzene rings is 1. The summed E-state index contributed by atoms with van der Waals surface area (Å²) in [5, 5.41) is 3.31. The average Bonchev–Trinajstić information content (AvgIpc) is 3.17. The number of likely N-dealkylation sites (tertiary alicyclic amines) is 1. The number of ether oxygens (including phenoxy) is 2. The summed E-state index contributed by atoms with van der Waals surface area (Å²) in [4.78, 5) is 15.1. The Morgan fingerprint density at radius 3 is 2.61 bits per heavy atom. The van der Waals surface area contributed by atoms with E-state index >= 15 is 0 Å². The van der Waals surface area contributed by atoms with Gasteiger partial charge < -0.3 is 20.5 Å². The Labute approximate surface area is 200 Å². The number of carbonyl (C=O) groups is 1. The van der Waals surface area contributed by atoms with E-state index in [1.807, 2.05) is 12.1 Å². The van der Waals surface area contributed by atoms with Gasteiger partial charge in [-0.3, -0.25) is 9.69 Å². The molecule has 1 aromatic carbocycles. The second kappa shape index (κ2) is 14.6. The molecular weight excluding hydrogens is 414 g/mol. The van der Waals surface area contributed by atoms with E-state index in [1.165, 1.54) is 24.8 Å². The Balaban J connectivity index is 1.41. The monoisotopic (exact) mass is 459 g/mol. The molecule has 6 heteroatoms. The highest BCUT2D eigenvalue weighted by atomic mass is 16.5. The van der Waals surface area contributed by atoms with Crippen LogP contribution in [-0.4, -0.2) is 61.8 Å². The number of rotatable bonds is 16. The molecule has 1 saturated carbocycles. The maximum absolute atomic E-state index is 12.7. The Kier molecular flexibility index (Phi) is 11.5. The molecule has 1 heterocycles.